The number of hydrogen-bond donors (Lipinski definition) is 1. The van der Waals surface area contributed by atoms with Crippen LogP contribution in [0, 0.1) is 0 Å². The van der Waals surface area contributed by atoms with E-state index in [1.165, 1.54) is 191 Å². The Bertz CT molecular complexity index is 8500. The molecule has 0 saturated heterocycles. The van der Waals surface area contributed by atoms with Gasteiger partial charge in [-0.05, 0) is 184 Å². The van der Waals surface area contributed by atoms with Gasteiger partial charge in [0.05, 0.1) is 44.5 Å². The van der Waals surface area contributed by atoms with Crippen LogP contribution in [0.1, 0.15) is 0 Å². The first kappa shape index (κ1) is 67.0. The lowest BCUT2D eigenvalue weighted by molar-refractivity contribution is 1.30. The van der Waals surface area contributed by atoms with Crippen LogP contribution >= 0.6 is 57.2 Å². The first-order chi connectivity index (χ1) is 57.4. The average molecular weight is 1570 g/mol. The van der Waals surface area contributed by atoms with E-state index in [1.54, 1.807) is 0 Å². The van der Waals surface area contributed by atoms with E-state index in [4.69, 9.17) is 23.2 Å². The fraction of sp³-hybridized carbons (Fsp3) is 0. The summed E-state index contributed by atoms with van der Waals surface area (Å²) >= 11 is 18.4. The molecule has 544 valence electrons. The number of anilines is 8. The van der Waals surface area contributed by atoms with Crippen LogP contribution in [0.2, 0.25) is 10.0 Å². The number of benzene rings is 19. The molecule has 26 aromatic rings. The van der Waals surface area contributed by atoms with Gasteiger partial charge >= 0.3 is 0 Å². The summed E-state index contributed by atoms with van der Waals surface area (Å²) in [5.41, 5.74) is 16.5. The lowest BCUT2D eigenvalue weighted by Crippen LogP contribution is -2.10. The first-order valence-electron chi connectivity index (χ1n) is 39.1. The molecule has 0 aliphatic heterocycles. The normalized spacial score (nSPS) is 12.1. The number of fused-ring (bicyclic) bond motifs is 29. The van der Waals surface area contributed by atoms with Crippen molar-refractivity contribution >= 4 is 283 Å². The van der Waals surface area contributed by atoms with Crippen LogP contribution < -0.4 is 15.1 Å². The molecule has 19 aromatic carbocycles. The standard InChI is InChI=1S/C62H37N3S2.C26H13Cl2N.C18H13NS/c1-3-16-40(17-4-1)63(51-23-13-27-56-59(51)46-21-9-11-25-54(46)66-56)42-31-29-39-35-50-45-34-32-43(37-53(45)65-61-44-20-8-7-15-38(44)30-33-48(61)58(62(50)65)49(39)36-42)64(41-18-5-2-6-19-41)52-24-14-28-57-60(52)47-22-10-12-26-55(47)67-57;27-16-7-5-15-11-22-19-10-8-17(28)13-23(19)29-25-18-4-2-1-3-14(18)6-9-20(25)24(26(22)29)21(15)12-16;1-2-7-13(8-3-1)19-15-10-6-12-17-18(15)14-9-4-5-11-16(14)20-17/h1-37H;1-13H;1-12,19H. The molecule has 0 unspecified atom stereocenters. The highest BCUT2D eigenvalue weighted by molar-refractivity contribution is 7.26. The first-order valence-corrected chi connectivity index (χ1v) is 42.3. The summed E-state index contributed by atoms with van der Waals surface area (Å²) in [6, 6.07) is 136. The fourth-order valence-electron chi connectivity index (χ4n) is 18.8. The minimum absolute atomic E-state index is 0.749. The minimum Gasteiger partial charge on any atom is -0.355 e. The molecular formula is C106H63Cl2N5S3. The maximum Gasteiger partial charge on any atom is 0.0627 e. The van der Waals surface area contributed by atoms with Gasteiger partial charge in [0.15, 0.2) is 0 Å². The molecule has 10 heteroatoms. The molecule has 0 radical (unpaired) electrons. The molecule has 0 spiro atoms. The Morgan fingerprint density at radius 3 is 1.16 bits per heavy atom. The zero-order valence-electron chi connectivity index (χ0n) is 62.1. The van der Waals surface area contributed by atoms with E-state index in [0.29, 0.717) is 0 Å². The van der Waals surface area contributed by atoms with Crippen molar-refractivity contribution in [3.63, 3.8) is 0 Å². The Kier molecular flexibility index (Phi) is 15.3. The third kappa shape index (κ3) is 10.4. The highest BCUT2D eigenvalue weighted by atomic mass is 35.5. The summed E-state index contributed by atoms with van der Waals surface area (Å²) in [4.78, 5) is 4.93. The molecule has 116 heavy (non-hydrogen) atoms. The Morgan fingerprint density at radius 2 is 0.612 bits per heavy atom. The average Bonchev–Trinajstić information content (AvgIpc) is 1.52. The zero-order valence-corrected chi connectivity index (χ0v) is 66.0. The molecular weight excluding hydrogens is 1510 g/mol. The van der Waals surface area contributed by atoms with Gasteiger partial charge in [-0.2, -0.15) is 0 Å². The zero-order chi connectivity index (χ0) is 76.4. The summed E-state index contributed by atoms with van der Waals surface area (Å²) in [6.45, 7) is 0. The number of halogens is 2. The van der Waals surface area contributed by atoms with Gasteiger partial charge in [0.25, 0.3) is 0 Å². The van der Waals surface area contributed by atoms with Crippen LogP contribution in [-0.2, 0) is 0 Å². The maximum absolute atomic E-state index is 6.43. The number of para-hydroxylation sites is 3. The molecule has 26 rings (SSSR count). The van der Waals surface area contributed by atoms with Gasteiger partial charge in [-0.15, -0.1) is 34.0 Å². The number of hydrogen-bond acceptors (Lipinski definition) is 6. The lowest BCUT2D eigenvalue weighted by atomic mass is 9.97. The van der Waals surface area contributed by atoms with Gasteiger partial charge in [-0.1, -0.05) is 248 Å². The minimum atomic E-state index is 0.749. The predicted molar refractivity (Wildman–Crippen MR) is 506 cm³/mol. The van der Waals surface area contributed by atoms with Gasteiger partial charge in [-0.3, -0.25) is 0 Å². The van der Waals surface area contributed by atoms with Crippen molar-refractivity contribution in [3.8, 4) is 0 Å². The van der Waals surface area contributed by atoms with E-state index < -0.39 is 0 Å². The summed E-state index contributed by atoms with van der Waals surface area (Å²) in [7, 11) is 0. The highest BCUT2D eigenvalue weighted by Crippen LogP contribution is 2.53. The van der Waals surface area contributed by atoms with E-state index in [0.717, 1.165) is 44.0 Å². The molecule has 7 aromatic heterocycles. The van der Waals surface area contributed by atoms with Crippen LogP contribution in [0.15, 0.2) is 376 Å². The summed E-state index contributed by atoms with van der Waals surface area (Å²) < 4.78 is 12.8. The van der Waals surface area contributed by atoms with Crippen LogP contribution in [0.3, 0.4) is 0 Å². The second kappa shape index (κ2) is 26.5. The molecule has 0 saturated carbocycles. The number of thiophene rings is 3. The molecule has 0 aliphatic carbocycles. The summed E-state index contributed by atoms with van der Waals surface area (Å²) in [6.07, 6.45) is 0. The van der Waals surface area contributed by atoms with Crippen molar-refractivity contribution in [1.82, 2.24) is 8.80 Å². The molecule has 7 heterocycles. The highest BCUT2D eigenvalue weighted by Gasteiger charge is 2.28. The number of nitrogens with zero attached hydrogens (tertiary/aromatic N) is 4. The van der Waals surface area contributed by atoms with Crippen molar-refractivity contribution in [2.45, 2.75) is 0 Å². The molecule has 1 N–H and O–H groups in total. The monoisotopic (exact) mass is 1570 g/mol. The van der Waals surface area contributed by atoms with Crippen molar-refractivity contribution in [1.29, 1.82) is 0 Å². The number of aromatic nitrogens is 2. The van der Waals surface area contributed by atoms with E-state index >= 15 is 0 Å². The molecule has 0 bridgehead atoms. The van der Waals surface area contributed by atoms with Crippen LogP contribution in [0.5, 0.6) is 0 Å². The van der Waals surface area contributed by atoms with Crippen LogP contribution in [0.25, 0.3) is 180 Å². The summed E-state index contributed by atoms with van der Waals surface area (Å²) in [5.74, 6) is 0. The second-order valence-electron chi connectivity index (χ2n) is 30.1. The van der Waals surface area contributed by atoms with E-state index in [9.17, 15) is 0 Å². The number of rotatable bonds is 8. The van der Waals surface area contributed by atoms with E-state index in [2.05, 4.69) is 370 Å². The van der Waals surface area contributed by atoms with Crippen molar-refractivity contribution in [3.05, 3.63) is 386 Å². The van der Waals surface area contributed by atoms with E-state index in [-0.39, 0.29) is 0 Å². The summed E-state index contributed by atoms with van der Waals surface area (Å²) in [5, 5.41) is 32.7. The quantitative estimate of drug-likeness (QED) is 0.164. The van der Waals surface area contributed by atoms with Gasteiger partial charge in [0.2, 0.25) is 0 Å². The lowest BCUT2D eigenvalue weighted by Gasteiger charge is -2.27. The maximum atomic E-state index is 6.43. The van der Waals surface area contributed by atoms with Crippen LogP contribution in [-0.4, -0.2) is 8.80 Å². The third-order valence-corrected chi connectivity index (χ3v) is 27.5. The second-order valence-corrected chi connectivity index (χ2v) is 34.2. The SMILES string of the molecule is Clc1ccc2cc3c4ccc(Cl)cc4n4c5c6ccccc6ccc5c(c2c1)c34.c1ccc(N(c2ccc3cc4c5ccc(N(c6ccccc6)c6cccc7sc8ccccc8c67)cc5n5c6c7ccccc7ccc6c(c3c2)c45)c2cccc3sc4ccccc4c23)cc1.c1ccc(Nc2cccc3sc4ccccc4c23)cc1. The van der Waals surface area contributed by atoms with Gasteiger partial charge in [0.1, 0.15) is 0 Å². The van der Waals surface area contributed by atoms with Crippen molar-refractivity contribution in [2.24, 2.45) is 0 Å². The molecule has 5 nitrogen and oxygen atoms in total. The smallest absolute Gasteiger partial charge is 0.0627 e. The Labute approximate surface area is 687 Å². The topological polar surface area (TPSA) is 27.3 Å². The van der Waals surface area contributed by atoms with Gasteiger partial charge < -0.3 is 23.9 Å². The Hall–Kier alpha value is -13.5. The largest absolute Gasteiger partial charge is 0.355 e. The molecule has 0 aliphatic rings. The molecule has 0 atom stereocenters. The predicted octanol–water partition coefficient (Wildman–Crippen LogP) is 33.1. The van der Waals surface area contributed by atoms with E-state index in [1.807, 2.05) is 64.3 Å². The number of nitrogens with one attached hydrogen (secondary N) is 1. The molecule has 0 amide bonds. The third-order valence-electron chi connectivity index (χ3n) is 23.7. The van der Waals surface area contributed by atoms with Crippen LogP contribution in [0.4, 0.5) is 45.5 Å². The Balaban J connectivity index is 0.000000128. The van der Waals surface area contributed by atoms with Gasteiger partial charge in [0, 0.05) is 159 Å². The van der Waals surface area contributed by atoms with Gasteiger partial charge in [-0.25, -0.2) is 0 Å². The van der Waals surface area contributed by atoms with Crippen molar-refractivity contribution in [2.75, 3.05) is 15.1 Å². The Morgan fingerprint density at radius 1 is 0.224 bits per heavy atom. The molecule has 0 fully saturated rings. The van der Waals surface area contributed by atoms with Crippen molar-refractivity contribution < 1.29 is 0 Å². The fourth-order valence-corrected chi connectivity index (χ4v) is 22.6.